The normalized spacial score (nSPS) is 23.8. The summed E-state index contributed by atoms with van der Waals surface area (Å²) >= 11 is 0. The van der Waals surface area contributed by atoms with Gasteiger partial charge in [-0.3, -0.25) is 4.79 Å². The van der Waals surface area contributed by atoms with Crippen molar-refractivity contribution in [2.45, 2.75) is 71.1 Å². The standard InChI is InChI=1S/C24H30O/c1-3-18-14-23(18)22-12-10-20(13-17-7-5-4-6-8-17)21-11-9-19(16(2)25)15-24(21)22/h9-12,15,17-18,23H,3-8,13-14H2,1-2H3/t18?,23-/m1/s1. The highest BCUT2D eigenvalue weighted by Gasteiger charge is 2.37. The molecule has 0 aliphatic heterocycles. The molecule has 0 saturated heterocycles. The molecular formula is C24H30O. The Labute approximate surface area is 151 Å². The van der Waals surface area contributed by atoms with Gasteiger partial charge >= 0.3 is 0 Å². The first kappa shape index (κ1) is 16.8. The van der Waals surface area contributed by atoms with Crippen molar-refractivity contribution >= 4 is 16.6 Å². The highest BCUT2D eigenvalue weighted by atomic mass is 16.1. The fourth-order valence-corrected chi connectivity index (χ4v) is 4.94. The van der Waals surface area contributed by atoms with E-state index in [4.69, 9.17) is 0 Å². The largest absolute Gasteiger partial charge is 0.295 e. The Balaban J connectivity index is 1.74. The van der Waals surface area contributed by atoms with Crippen molar-refractivity contribution in [3.05, 3.63) is 47.0 Å². The minimum atomic E-state index is 0.174. The first-order chi connectivity index (χ1) is 12.2. The Bertz CT molecular complexity index is 782. The predicted octanol–water partition coefficient (Wildman–Crippen LogP) is 6.68. The summed E-state index contributed by atoms with van der Waals surface area (Å²) in [6, 6.07) is 11.2. The summed E-state index contributed by atoms with van der Waals surface area (Å²) in [7, 11) is 0. The third-order valence-corrected chi connectivity index (χ3v) is 6.63. The summed E-state index contributed by atoms with van der Waals surface area (Å²) in [6.45, 7) is 3.98. The summed E-state index contributed by atoms with van der Waals surface area (Å²) in [5.74, 6) is 2.57. The lowest BCUT2D eigenvalue weighted by atomic mass is 9.83. The molecule has 0 amide bonds. The second-order valence-electron chi connectivity index (χ2n) is 8.35. The minimum Gasteiger partial charge on any atom is -0.295 e. The van der Waals surface area contributed by atoms with Crippen LogP contribution in [0.5, 0.6) is 0 Å². The van der Waals surface area contributed by atoms with Gasteiger partial charge in [-0.15, -0.1) is 0 Å². The van der Waals surface area contributed by atoms with Gasteiger partial charge in [-0.25, -0.2) is 0 Å². The summed E-state index contributed by atoms with van der Waals surface area (Å²) in [5.41, 5.74) is 3.84. The molecule has 132 valence electrons. The first-order valence-electron chi connectivity index (χ1n) is 10.2. The lowest BCUT2D eigenvalue weighted by Crippen LogP contribution is -2.09. The number of Topliss-reactive ketones (excluding diaryl/α,β-unsaturated/α-hetero) is 1. The molecule has 25 heavy (non-hydrogen) atoms. The molecule has 0 N–H and O–H groups in total. The summed E-state index contributed by atoms with van der Waals surface area (Å²) in [5, 5.41) is 2.75. The molecule has 2 fully saturated rings. The molecule has 4 rings (SSSR count). The van der Waals surface area contributed by atoms with Crippen LogP contribution in [0.25, 0.3) is 10.8 Å². The van der Waals surface area contributed by atoms with Crippen LogP contribution in [0, 0.1) is 11.8 Å². The van der Waals surface area contributed by atoms with Crippen LogP contribution < -0.4 is 0 Å². The van der Waals surface area contributed by atoms with E-state index < -0.39 is 0 Å². The van der Waals surface area contributed by atoms with Crippen LogP contribution in [0.1, 0.15) is 86.2 Å². The number of hydrogen-bond donors (Lipinski definition) is 0. The predicted molar refractivity (Wildman–Crippen MR) is 105 cm³/mol. The van der Waals surface area contributed by atoms with Crippen LogP contribution >= 0.6 is 0 Å². The van der Waals surface area contributed by atoms with Gasteiger partial charge in [0.05, 0.1) is 0 Å². The average molecular weight is 335 g/mol. The molecule has 2 aliphatic rings. The molecule has 0 aromatic heterocycles. The molecule has 2 saturated carbocycles. The van der Waals surface area contributed by atoms with Crippen molar-refractivity contribution in [3.63, 3.8) is 0 Å². The van der Waals surface area contributed by atoms with E-state index in [1.807, 2.05) is 6.07 Å². The van der Waals surface area contributed by atoms with Crippen LogP contribution in [0.3, 0.4) is 0 Å². The van der Waals surface area contributed by atoms with Crippen molar-refractivity contribution in [1.29, 1.82) is 0 Å². The number of benzene rings is 2. The van der Waals surface area contributed by atoms with E-state index in [2.05, 4.69) is 31.2 Å². The Hall–Kier alpha value is -1.63. The number of hydrogen-bond acceptors (Lipinski definition) is 1. The van der Waals surface area contributed by atoms with E-state index in [9.17, 15) is 4.79 Å². The second-order valence-corrected chi connectivity index (χ2v) is 8.35. The van der Waals surface area contributed by atoms with Gasteiger partial charge in [0.1, 0.15) is 0 Å². The van der Waals surface area contributed by atoms with Gasteiger partial charge in [0.15, 0.2) is 5.78 Å². The number of fused-ring (bicyclic) bond motifs is 1. The maximum atomic E-state index is 11.9. The maximum Gasteiger partial charge on any atom is 0.159 e. The zero-order valence-corrected chi connectivity index (χ0v) is 15.7. The van der Waals surface area contributed by atoms with E-state index in [0.29, 0.717) is 5.92 Å². The van der Waals surface area contributed by atoms with Crippen molar-refractivity contribution in [3.8, 4) is 0 Å². The SMILES string of the molecule is CCC1C[C@H]1c1ccc(CC2CCCCC2)c2ccc(C(C)=O)cc12. The van der Waals surface area contributed by atoms with Gasteiger partial charge in [-0.1, -0.05) is 69.7 Å². The minimum absolute atomic E-state index is 0.174. The van der Waals surface area contributed by atoms with Crippen molar-refractivity contribution in [2.24, 2.45) is 11.8 Å². The Morgan fingerprint density at radius 3 is 2.52 bits per heavy atom. The lowest BCUT2D eigenvalue weighted by Gasteiger charge is -2.23. The zero-order valence-electron chi connectivity index (χ0n) is 15.7. The molecule has 2 aromatic carbocycles. The molecule has 0 radical (unpaired) electrons. The average Bonchev–Trinajstić information content (AvgIpc) is 3.42. The molecule has 2 aromatic rings. The number of carbonyl (C=O) groups excluding carboxylic acids is 1. The molecule has 0 heterocycles. The number of rotatable bonds is 5. The van der Waals surface area contributed by atoms with E-state index in [-0.39, 0.29) is 5.78 Å². The third-order valence-electron chi connectivity index (χ3n) is 6.63. The van der Waals surface area contributed by atoms with Crippen LogP contribution in [0.2, 0.25) is 0 Å². The summed E-state index contributed by atoms with van der Waals surface area (Å²) < 4.78 is 0. The van der Waals surface area contributed by atoms with E-state index in [1.165, 1.54) is 73.3 Å². The Kier molecular flexibility index (Phi) is 4.67. The molecule has 2 atom stereocenters. The fourth-order valence-electron chi connectivity index (χ4n) is 4.94. The fraction of sp³-hybridized carbons (Fsp3) is 0.542. The number of carbonyl (C=O) groups is 1. The Morgan fingerprint density at radius 2 is 1.84 bits per heavy atom. The number of ketones is 1. The molecule has 0 bridgehead atoms. The monoisotopic (exact) mass is 334 g/mol. The van der Waals surface area contributed by atoms with Crippen LogP contribution in [-0.4, -0.2) is 5.78 Å². The second kappa shape index (κ2) is 6.94. The molecule has 2 aliphatic carbocycles. The van der Waals surface area contributed by atoms with Gasteiger partial charge in [-0.05, 0) is 65.5 Å². The van der Waals surface area contributed by atoms with Gasteiger partial charge in [-0.2, -0.15) is 0 Å². The van der Waals surface area contributed by atoms with Crippen molar-refractivity contribution in [2.75, 3.05) is 0 Å². The molecule has 1 unspecified atom stereocenters. The molecule has 0 spiro atoms. The molecule has 1 nitrogen and oxygen atoms in total. The van der Waals surface area contributed by atoms with Gasteiger partial charge in [0.2, 0.25) is 0 Å². The van der Waals surface area contributed by atoms with Gasteiger partial charge < -0.3 is 0 Å². The highest BCUT2D eigenvalue weighted by Crippen LogP contribution is 2.51. The molecule has 1 heteroatoms. The van der Waals surface area contributed by atoms with Gasteiger partial charge in [0, 0.05) is 5.56 Å². The van der Waals surface area contributed by atoms with E-state index in [0.717, 1.165) is 17.4 Å². The maximum absolute atomic E-state index is 11.9. The quantitative estimate of drug-likeness (QED) is 0.557. The van der Waals surface area contributed by atoms with Gasteiger partial charge in [0.25, 0.3) is 0 Å². The topological polar surface area (TPSA) is 17.1 Å². The summed E-state index contributed by atoms with van der Waals surface area (Å²) in [4.78, 5) is 11.9. The van der Waals surface area contributed by atoms with Crippen molar-refractivity contribution < 1.29 is 4.79 Å². The summed E-state index contributed by atoms with van der Waals surface area (Å²) in [6.07, 6.45) is 10.8. The van der Waals surface area contributed by atoms with Crippen LogP contribution in [-0.2, 0) is 6.42 Å². The Morgan fingerprint density at radius 1 is 1.04 bits per heavy atom. The third kappa shape index (κ3) is 3.38. The van der Waals surface area contributed by atoms with E-state index in [1.54, 1.807) is 6.92 Å². The molecular weight excluding hydrogens is 304 g/mol. The highest BCUT2D eigenvalue weighted by molar-refractivity contribution is 6.00. The van der Waals surface area contributed by atoms with Crippen molar-refractivity contribution in [1.82, 2.24) is 0 Å². The van der Waals surface area contributed by atoms with Crippen LogP contribution in [0.15, 0.2) is 30.3 Å². The van der Waals surface area contributed by atoms with Crippen LogP contribution in [0.4, 0.5) is 0 Å². The first-order valence-corrected chi connectivity index (χ1v) is 10.2. The lowest BCUT2D eigenvalue weighted by molar-refractivity contribution is 0.101. The zero-order chi connectivity index (χ0) is 17.4. The smallest absolute Gasteiger partial charge is 0.159 e. The van der Waals surface area contributed by atoms with E-state index >= 15 is 0 Å².